The van der Waals surface area contributed by atoms with Gasteiger partial charge in [-0.3, -0.25) is 4.79 Å². The standard InChI is InChI=1S/C20H23NO3/c1-13-4-5-16(14(2)10-13)12-20(22)21-15(3)17-6-7-18-19(11-17)24-9-8-23-18/h4-7,10-11,15H,8-9,12H2,1-3H3,(H,21,22)/t15-/m1/s1. The topological polar surface area (TPSA) is 47.6 Å². The highest BCUT2D eigenvalue weighted by atomic mass is 16.6. The van der Waals surface area contributed by atoms with E-state index in [2.05, 4.69) is 18.3 Å². The first-order valence-electron chi connectivity index (χ1n) is 8.28. The third kappa shape index (κ3) is 3.70. The molecule has 0 bridgehead atoms. The average molecular weight is 325 g/mol. The molecular formula is C20H23NO3. The van der Waals surface area contributed by atoms with E-state index in [9.17, 15) is 4.79 Å². The molecule has 0 radical (unpaired) electrons. The van der Waals surface area contributed by atoms with Gasteiger partial charge in [-0.25, -0.2) is 0 Å². The normalized spacial score (nSPS) is 14.1. The maximum atomic E-state index is 12.4. The SMILES string of the molecule is Cc1ccc(CC(=O)N[C@H](C)c2ccc3c(c2)OCCO3)c(C)c1. The first-order chi connectivity index (χ1) is 11.5. The number of hydrogen-bond donors (Lipinski definition) is 1. The molecule has 0 saturated heterocycles. The van der Waals surface area contributed by atoms with E-state index in [-0.39, 0.29) is 11.9 Å². The zero-order valence-electron chi connectivity index (χ0n) is 14.4. The van der Waals surface area contributed by atoms with E-state index in [0.29, 0.717) is 19.6 Å². The fourth-order valence-electron chi connectivity index (χ4n) is 2.92. The Morgan fingerprint density at radius 1 is 1.08 bits per heavy atom. The average Bonchev–Trinajstić information content (AvgIpc) is 2.57. The van der Waals surface area contributed by atoms with Gasteiger partial charge >= 0.3 is 0 Å². The van der Waals surface area contributed by atoms with Crippen molar-refractivity contribution in [2.24, 2.45) is 0 Å². The zero-order valence-corrected chi connectivity index (χ0v) is 14.4. The molecule has 1 aliphatic heterocycles. The maximum absolute atomic E-state index is 12.4. The molecule has 1 N–H and O–H groups in total. The third-order valence-corrected chi connectivity index (χ3v) is 4.29. The molecule has 0 spiro atoms. The lowest BCUT2D eigenvalue weighted by atomic mass is 10.0. The fourth-order valence-corrected chi connectivity index (χ4v) is 2.92. The summed E-state index contributed by atoms with van der Waals surface area (Å²) in [7, 11) is 0. The molecule has 2 aromatic carbocycles. The van der Waals surface area contributed by atoms with Crippen LogP contribution in [-0.4, -0.2) is 19.1 Å². The monoisotopic (exact) mass is 325 g/mol. The Hall–Kier alpha value is -2.49. The molecule has 24 heavy (non-hydrogen) atoms. The summed E-state index contributed by atoms with van der Waals surface area (Å²) in [5, 5.41) is 3.06. The maximum Gasteiger partial charge on any atom is 0.224 e. The summed E-state index contributed by atoms with van der Waals surface area (Å²) < 4.78 is 11.1. The lowest BCUT2D eigenvalue weighted by Crippen LogP contribution is -2.28. The van der Waals surface area contributed by atoms with Crippen LogP contribution in [0.3, 0.4) is 0 Å². The van der Waals surface area contributed by atoms with E-state index in [1.54, 1.807) is 0 Å². The second kappa shape index (κ2) is 6.95. The number of carbonyl (C=O) groups excluding carboxylic acids is 1. The van der Waals surface area contributed by atoms with Crippen molar-refractivity contribution in [3.63, 3.8) is 0 Å². The second-order valence-corrected chi connectivity index (χ2v) is 6.30. The Balaban J connectivity index is 1.65. The molecule has 0 fully saturated rings. The van der Waals surface area contributed by atoms with Crippen molar-refractivity contribution in [2.75, 3.05) is 13.2 Å². The quantitative estimate of drug-likeness (QED) is 0.936. The number of rotatable bonds is 4. The molecular weight excluding hydrogens is 302 g/mol. The summed E-state index contributed by atoms with van der Waals surface area (Å²) in [6.45, 7) is 7.21. The number of nitrogens with one attached hydrogen (secondary N) is 1. The highest BCUT2D eigenvalue weighted by Gasteiger charge is 2.16. The van der Waals surface area contributed by atoms with Gasteiger partial charge in [0.25, 0.3) is 0 Å². The molecule has 0 aromatic heterocycles. The molecule has 3 rings (SSSR count). The van der Waals surface area contributed by atoms with Gasteiger partial charge < -0.3 is 14.8 Å². The lowest BCUT2D eigenvalue weighted by molar-refractivity contribution is -0.121. The number of hydrogen-bond acceptors (Lipinski definition) is 3. The van der Waals surface area contributed by atoms with Crippen LogP contribution in [0.4, 0.5) is 0 Å². The van der Waals surface area contributed by atoms with Crippen molar-refractivity contribution in [3.8, 4) is 11.5 Å². The molecule has 1 atom stereocenters. The number of aryl methyl sites for hydroxylation is 2. The molecule has 4 nitrogen and oxygen atoms in total. The molecule has 1 amide bonds. The fraction of sp³-hybridized carbons (Fsp3) is 0.350. The first kappa shape index (κ1) is 16.4. The van der Waals surface area contributed by atoms with Gasteiger partial charge in [-0.05, 0) is 49.6 Å². The van der Waals surface area contributed by atoms with Gasteiger partial charge in [-0.2, -0.15) is 0 Å². The van der Waals surface area contributed by atoms with Crippen LogP contribution < -0.4 is 14.8 Å². The third-order valence-electron chi connectivity index (χ3n) is 4.29. The van der Waals surface area contributed by atoms with Crippen molar-refractivity contribution < 1.29 is 14.3 Å². The number of ether oxygens (including phenoxy) is 2. The highest BCUT2D eigenvalue weighted by Crippen LogP contribution is 2.32. The van der Waals surface area contributed by atoms with Gasteiger partial charge in [0.05, 0.1) is 12.5 Å². The first-order valence-corrected chi connectivity index (χ1v) is 8.28. The van der Waals surface area contributed by atoms with Crippen molar-refractivity contribution in [2.45, 2.75) is 33.2 Å². The largest absolute Gasteiger partial charge is 0.486 e. The van der Waals surface area contributed by atoms with Gasteiger partial charge in [0, 0.05) is 0 Å². The molecule has 2 aromatic rings. The van der Waals surface area contributed by atoms with Crippen molar-refractivity contribution >= 4 is 5.91 Å². The molecule has 4 heteroatoms. The number of carbonyl (C=O) groups is 1. The summed E-state index contributed by atoms with van der Waals surface area (Å²) in [6, 6.07) is 11.9. The minimum absolute atomic E-state index is 0.0179. The smallest absolute Gasteiger partial charge is 0.224 e. The van der Waals surface area contributed by atoms with Crippen LogP contribution in [0.15, 0.2) is 36.4 Å². The van der Waals surface area contributed by atoms with Gasteiger partial charge in [0.15, 0.2) is 11.5 Å². The van der Waals surface area contributed by atoms with E-state index in [0.717, 1.165) is 28.2 Å². The van der Waals surface area contributed by atoms with E-state index >= 15 is 0 Å². The summed E-state index contributed by atoms with van der Waals surface area (Å²) in [5.74, 6) is 1.53. The molecule has 0 unspecified atom stereocenters. The minimum Gasteiger partial charge on any atom is -0.486 e. The van der Waals surface area contributed by atoms with E-state index in [1.807, 2.05) is 44.2 Å². The predicted octanol–water partition coefficient (Wildman–Crippen LogP) is 3.49. The van der Waals surface area contributed by atoms with E-state index in [1.165, 1.54) is 5.56 Å². The van der Waals surface area contributed by atoms with Crippen LogP contribution in [0.2, 0.25) is 0 Å². The predicted molar refractivity (Wildman–Crippen MR) is 93.6 cm³/mol. The van der Waals surface area contributed by atoms with E-state index in [4.69, 9.17) is 9.47 Å². The minimum atomic E-state index is -0.0842. The zero-order chi connectivity index (χ0) is 17.1. The molecule has 0 aliphatic carbocycles. The lowest BCUT2D eigenvalue weighted by Gasteiger charge is -2.21. The van der Waals surface area contributed by atoms with Crippen LogP contribution in [0.25, 0.3) is 0 Å². The molecule has 126 valence electrons. The van der Waals surface area contributed by atoms with Gasteiger partial charge in [0.2, 0.25) is 5.91 Å². The summed E-state index contributed by atoms with van der Waals surface area (Å²) in [6.07, 6.45) is 0.390. The summed E-state index contributed by atoms with van der Waals surface area (Å²) >= 11 is 0. The Morgan fingerprint density at radius 3 is 2.58 bits per heavy atom. The molecule has 1 heterocycles. The van der Waals surface area contributed by atoms with Gasteiger partial charge in [-0.15, -0.1) is 0 Å². The number of fused-ring (bicyclic) bond motifs is 1. The van der Waals surface area contributed by atoms with Crippen molar-refractivity contribution in [3.05, 3.63) is 58.7 Å². The number of amides is 1. The van der Waals surface area contributed by atoms with Crippen LogP contribution in [0.5, 0.6) is 11.5 Å². The molecule has 1 aliphatic rings. The Bertz CT molecular complexity index is 755. The van der Waals surface area contributed by atoms with Crippen molar-refractivity contribution in [1.29, 1.82) is 0 Å². The van der Waals surface area contributed by atoms with Gasteiger partial charge in [-0.1, -0.05) is 29.8 Å². The van der Waals surface area contributed by atoms with Gasteiger partial charge in [0.1, 0.15) is 13.2 Å². The van der Waals surface area contributed by atoms with Crippen molar-refractivity contribution in [1.82, 2.24) is 5.32 Å². The summed E-state index contributed by atoms with van der Waals surface area (Å²) in [4.78, 5) is 12.4. The molecule has 0 saturated carbocycles. The van der Waals surface area contributed by atoms with Crippen LogP contribution >= 0.6 is 0 Å². The van der Waals surface area contributed by atoms with Crippen LogP contribution in [-0.2, 0) is 11.2 Å². The van der Waals surface area contributed by atoms with Crippen LogP contribution in [0, 0.1) is 13.8 Å². The van der Waals surface area contributed by atoms with E-state index < -0.39 is 0 Å². The summed E-state index contributed by atoms with van der Waals surface area (Å²) in [5.41, 5.74) is 4.43. The Morgan fingerprint density at radius 2 is 1.83 bits per heavy atom. The highest BCUT2D eigenvalue weighted by molar-refractivity contribution is 5.79. The van der Waals surface area contributed by atoms with Crippen LogP contribution in [0.1, 0.15) is 35.2 Å². The second-order valence-electron chi connectivity index (χ2n) is 6.30. The Labute approximate surface area is 142 Å². The number of benzene rings is 2. The Kier molecular flexibility index (Phi) is 4.74.